The molecule has 1 atom stereocenters. The summed E-state index contributed by atoms with van der Waals surface area (Å²) in [5.41, 5.74) is 3.42. The molecule has 3 aromatic rings. The molecule has 0 aliphatic carbocycles. The van der Waals surface area contributed by atoms with Crippen LogP contribution in [-0.4, -0.2) is 7.05 Å². The van der Waals surface area contributed by atoms with Gasteiger partial charge in [0.25, 0.3) is 0 Å². The fourth-order valence-electron chi connectivity index (χ4n) is 2.86. The molecule has 1 N–H and O–H groups in total. The van der Waals surface area contributed by atoms with Crippen LogP contribution in [0.3, 0.4) is 0 Å². The highest BCUT2D eigenvalue weighted by molar-refractivity contribution is 9.10. The van der Waals surface area contributed by atoms with Crippen molar-refractivity contribution in [3.8, 4) is 0 Å². The maximum atomic E-state index is 6.04. The van der Waals surface area contributed by atoms with E-state index in [0.29, 0.717) is 0 Å². The van der Waals surface area contributed by atoms with E-state index < -0.39 is 0 Å². The minimum Gasteiger partial charge on any atom is -0.461 e. The predicted octanol–water partition coefficient (Wildman–Crippen LogP) is 5.07. The minimum atomic E-state index is 0.110. The van der Waals surface area contributed by atoms with Gasteiger partial charge in [-0.1, -0.05) is 59.3 Å². The summed E-state index contributed by atoms with van der Waals surface area (Å²) in [6.07, 6.45) is 0.882. The molecule has 3 rings (SSSR count). The molecule has 0 bridgehead atoms. The summed E-state index contributed by atoms with van der Waals surface area (Å²) in [6.45, 7) is 2.13. The van der Waals surface area contributed by atoms with Crippen LogP contribution in [0.25, 0.3) is 11.0 Å². The van der Waals surface area contributed by atoms with Gasteiger partial charge >= 0.3 is 0 Å². The number of nitrogens with one attached hydrogen (secondary N) is 1. The van der Waals surface area contributed by atoms with Crippen molar-refractivity contribution in [2.75, 3.05) is 7.05 Å². The highest BCUT2D eigenvalue weighted by Crippen LogP contribution is 2.36. The summed E-state index contributed by atoms with van der Waals surface area (Å²) in [5.74, 6) is 1.05. The monoisotopic (exact) mass is 343 g/mol. The van der Waals surface area contributed by atoms with Crippen LogP contribution in [0.2, 0.25) is 0 Å². The summed E-state index contributed by atoms with van der Waals surface area (Å²) in [6, 6.07) is 16.7. The van der Waals surface area contributed by atoms with Gasteiger partial charge in [-0.05, 0) is 24.7 Å². The topological polar surface area (TPSA) is 25.2 Å². The van der Waals surface area contributed by atoms with E-state index in [1.165, 1.54) is 16.5 Å². The number of aryl methyl sites for hydroxylation is 1. The Morgan fingerprint density at radius 1 is 1.10 bits per heavy atom. The fourth-order valence-corrected chi connectivity index (χ4v) is 3.37. The molecule has 0 saturated heterocycles. The zero-order chi connectivity index (χ0) is 14.8. The number of rotatable bonds is 4. The maximum Gasteiger partial charge on any atom is 0.134 e. The molecule has 0 fully saturated rings. The Hall–Kier alpha value is -1.58. The van der Waals surface area contributed by atoms with E-state index in [4.69, 9.17) is 4.42 Å². The number of halogens is 1. The zero-order valence-corrected chi connectivity index (χ0v) is 13.8. The largest absolute Gasteiger partial charge is 0.461 e. The normalized spacial score (nSPS) is 12.7. The van der Waals surface area contributed by atoms with Crippen LogP contribution >= 0.6 is 15.9 Å². The number of hydrogen-bond donors (Lipinski definition) is 1. The molecule has 0 amide bonds. The standard InChI is InChI=1S/C18H18BrNO/c1-3-15-17(13-9-5-7-11-16(13)21-15)18(20-2)12-8-4-6-10-14(12)19/h4-11,18,20H,3H2,1-2H3. The van der Waals surface area contributed by atoms with Gasteiger partial charge in [-0.15, -0.1) is 0 Å². The molecule has 108 valence electrons. The van der Waals surface area contributed by atoms with Crippen molar-refractivity contribution in [2.24, 2.45) is 0 Å². The summed E-state index contributed by atoms with van der Waals surface area (Å²) < 4.78 is 7.15. The number of fused-ring (bicyclic) bond motifs is 1. The van der Waals surface area contributed by atoms with E-state index in [2.05, 4.69) is 58.5 Å². The Morgan fingerprint density at radius 2 is 1.81 bits per heavy atom. The summed E-state index contributed by atoms with van der Waals surface area (Å²) in [7, 11) is 1.99. The van der Waals surface area contributed by atoms with Crippen LogP contribution in [-0.2, 0) is 6.42 Å². The first kappa shape index (κ1) is 14.4. The molecule has 3 heteroatoms. The first-order valence-electron chi connectivity index (χ1n) is 7.18. The van der Waals surface area contributed by atoms with Gasteiger partial charge in [0.2, 0.25) is 0 Å². The van der Waals surface area contributed by atoms with E-state index in [-0.39, 0.29) is 6.04 Å². The van der Waals surface area contributed by atoms with Crippen molar-refractivity contribution in [2.45, 2.75) is 19.4 Å². The van der Waals surface area contributed by atoms with Gasteiger partial charge in [-0.25, -0.2) is 0 Å². The van der Waals surface area contributed by atoms with Crippen molar-refractivity contribution in [1.82, 2.24) is 5.32 Å². The Balaban J connectivity index is 2.24. The molecule has 2 nitrogen and oxygen atoms in total. The molecule has 1 heterocycles. The molecule has 0 radical (unpaired) electrons. The Morgan fingerprint density at radius 3 is 2.52 bits per heavy atom. The Kier molecular flexibility index (Phi) is 4.13. The maximum absolute atomic E-state index is 6.04. The quantitative estimate of drug-likeness (QED) is 0.715. The van der Waals surface area contributed by atoms with Gasteiger partial charge in [0.15, 0.2) is 0 Å². The lowest BCUT2D eigenvalue weighted by Crippen LogP contribution is -2.19. The van der Waals surface area contributed by atoms with Crippen LogP contribution < -0.4 is 5.32 Å². The van der Waals surface area contributed by atoms with E-state index in [0.717, 1.165) is 22.2 Å². The summed E-state index contributed by atoms with van der Waals surface area (Å²) in [4.78, 5) is 0. The van der Waals surface area contributed by atoms with Gasteiger partial charge in [-0.3, -0.25) is 0 Å². The third kappa shape index (κ3) is 2.52. The van der Waals surface area contributed by atoms with E-state index in [1.54, 1.807) is 0 Å². The Bertz CT molecular complexity index is 763. The molecular formula is C18H18BrNO. The minimum absolute atomic E-state index is 0.110. The number of hydrogen-bond acceptors (Lipinski definition) is 2. The SMILES string of the molecule is CCc1oc2ccccc2c1C(NC)c1ccccc1Br. The molecule has 2 aromatic carbocycles. The zero-order valence-electron chi connectivity index (χ0n) is 12.2. The first-order valence-corrected chi connectivity index (χ1v) is 7.97. The third-order valence-corrected chi connectivity index (χ3v) is 4.55. The van der Waals surface area contributed by atoms with E-state index in [1.807, 2.05) is 25.2 Å². The third-order valence-electron chi connectivity index (χ3n) is 3.83. The van der Waals surface area contributed by atoms with Gasteiger partial charge in [0.05, 0.1) is 6.04 Å². The highest BCUT2D eigenvalue weighted by atomic mass is 79.9. The predicted molar refractivity (Wildman–Crippen MR) is 90.6 cm³/mol. The number of para-hydroxylation sites is 1. The average Bonchev–Trinajstić information content (AvgIpc) is 2.89. The highest BCUT2D eigenvalue weighted by Gasteiger charge is 2.23. The second-order valence-electron chi connectivity index (χ2n) is 5.03. The lowest BCUT2D eigenvalue weighted by Gasteiger charge is -2.19. The van der Waals surface area contributed by atoms with Gasteiger partial charge in [0.1, 0.15) is 11.3 Å². The van der Waals surface area contributed by atoms with Crippen LogP contribution in [0, 0.1) is 0 Å². The Labute approximate surface area is 133 Å². The van der Waals surface area contributed by atoms with Crippen molar-refractivity contribution < 1.29 is 4.42 Å². The fraction of sp³-hybridized carbons (Fsp3) is 0.222. The van der Waals surface area contributed by atoms with Crippen LogP contribution in [0.15, 0.2) is 57.4 Å². The lowest BCUT2D eigenvalue weighted by atomic mass is 9.95. The lowest BCUT2D eigenvalue weighted by molar-refractivity contribution is 0.539. The summed E-state index contributed by atoms with van der Waals surface area (Å²) in [5, 5.41) is 4.62. The number of benzene rings is 2. The van der Waals surface area contributed by atoms with E-state index in [9.17, 15) is 0 Å². The van der Waals surface area contributed by atoms with Gasteiger partial charge < -0.3 is 9.73 Å². The van der Waals surface area contributed by atoms with Crippen molar-refractivity contribution in [3.05, 3.63) is 69.9 Å². The number of furan rings is 1. The first-order chi connectivity index (χ1) is 10.3. The molecule has 0 saturated carbocycles. The van der Waals surface area contributed by atoms with Crippen LogP contribution in [0.4, 0.5) is 0 Å². The molecule has 0 aliphatic rings. The summed E-state index contributed by atoms with van der Waals surface area (Å²) >= 11 is 3.66. The molecular weight excluding hydrogens is 326 g/mol. The van der Waals surface area contributed by atoms with Gasteiger partial charge in [0, 0.05) is 21.8 Å². The molecule has 21 heavy (non-hydrogen) atoms. The van der Waals surface area contributed by atoms with E-state index >= 15 is 0 Å². The smallest absolute Gasteiger partial charge is 0.134 e. The van der Waals surface area contributed by atoms with Gasteiger partial charge in [-0.2, -0.15) is 0 Å². The molecule has 1 unspecified atom stereocenters. The van der Waals surface area contributed by atoms with Crippen molar-refractivity contribution in [1.29, 1.82) is 0 Å². The van der Waals surface area contributed by atoms with Crippen LogP contribution in [0.5, 0.6) is 0 Å². The second kappa shape index (κ2) is 6.04. The second-order valence-corrected chi connectivity index (χ2v) is 5.89. The van der Waals surface area contributed by atoms with Crippen molar-refractivity contribution >= 4 is 26.9 Å². The molecule has 0 spiro atoms. The van der Waals surface area contributed by atoms with Crippen molar-refractivity contribution in [3.63, 3.8) is 0 Å². The molecule has 1 aromatic heterocycles. The van der Waals surface area contributed by atoms with Crippen LogP contribution in [0.1, 0.15) is 29.9 Å². The average molecular weight is 344 g/mol. The molecule has 0 aliphatic heterocycles.